The van der Waals surface area contributed by atoms with Crippen molar-refractivity contribution in [3.63, 3.8) is 0 Å². The number of hydrogen-bond donors (Lipinski definition) is 3. The van der Waals surface area contributed by atoms with Gasteiger partial charge in [0.1, 0.15) is 0 Å². The third-order valence-electron chi connectivity index (χ3n) is 2.68. The molecule has 2 atom stereocenters. The summed E-state index contributed by atoms with van der Waals surface area (Å²) >= 11 is 0. The molecule has 0 saturated heterocycles. The number of amides is 2. The fraction of sp³-hybridized carbons (Fsp3) is 0.385. The van der Waals surface area contributed by atoms with Gasteiger partial charge in [0.15, 0.2) is 0 Å². The van der Waals surface area contributed by atoms with Gasteiger partial charge in [0.25, 0.3) is 0 Å². The van der Waals surface area contributed by atoms with Gasteiger partial charge in [-0.3, -0.25) is 9.59 Å². The molecule has 0 aliphatic heterocycles. The summed E-state index contributed by atoms with van der Waals surface area (Å²) < 4.78 is 0. The molecule has 4 N–H and O–H groups in total. The van der Waals surface area contributed by atoms with Crippen LogP contribution in [0.15, 0.2) is 24.3 Å². The number of nitrogens with one attached hydrogen (secondary N) is 2. The SMILES string of the molecule is CC(=O)Nc1ccc(NC(=O)C(C)C(C)N)cc1.Cl. The van der Waals surface area contributed by atoms with E-state index in [1.165, 1.54) is 6.92 Å². The zero-order chi connectivity index (χ0) is 13.7. The molecule has 2 amide bonds. The zero-order valence-corrected chi connectivity index (χ0v) is 12.1. The second-order valence-corrected chi connectivity index (χ2v) is 4.40. The van der Waals surface area contributed by atoms with Crippen LogP contribution < -0.4 is 16.4 Å². The number of carbonyl (C=O) groups excluding carboxylic acids is 2. The number of anilines is 2. The van der Waals surface area contributed by atoms with Crippen molar-refractivity contribution in [3.05, 3.63) is 24.3 Å². The van der Waals surface area contributed by atoms with Crippen LogP contribution in [0, 0.1) is 5.92 Å². The monoisotopic (exact) mass is 285 g/mol. The van der Waals surface area contributed by atoms with Crippen molar-refractivity contribution in [2.45, 2.75) is 26.8 Å². The van der Waals surface area contributed by atoms with Gasteiger partial charge < -0.3 is 16.4 Å². The molecule has 0 bridgehead atoms. The predicted octanol–water partition coefficient (Wildman–Crippen LogP) is 1.99. The van der Waals surface area contributed by atoms with E-state index in [0.29, 0.717) is 11.4 Å². The Bertz CT molecular complexity index is 432. The summed E-state index contributed by atoms with van der Waals surface area (Å²) in [5.74, 6) is -0.491. The van der Waals surface area contributed by atoms with E-state index < -0.39 is 0 Å². The number of halogens is 1. The molecule has 5 nitrogen and oxygen atoms in total. The molecule has 106 valence electrons. The van der Waals surface area contributed by atoms with Gasteiger partial charge in [0, 0.05) is 24.3 Å². The van der Waals surface area contributed by atoms with Crippen LogP contribution in [-0.2, 0) is 9.59 Å². The minimum absolute atomic E-state index is 0. The van der Waals surface area contributed by atoms with E-state index in [1.807, 2.05) is 0 Å². The second-order valence-electron chi connectivity index (χ2n) is 4.40. The van der Waals surface area contributed by atoms with Crippen molar-refractivity contribution in [3.8, 4) is 0 Å². The highest BCUT2D eigenvalue weighted by atomic mass is 35.5. The quantitative estimate of drug-likeness (QED) is 0.791. The Hall–Kier alpha value is -1.59. The van der Waals surface area contributed by atoms with Gasteiger partial charge in [-0.15, -0.1) is 12.4 Å². The summed E-state index contributed by atoms with van der Waals surface area (Å²) in [4.78, 5) is 22.6. The lowest BCUT2D eigenvalue weighted by molar-refractivity contribution is -0.119. The molecule has 0 aliphatic rings. The highest BCUT2D eigenvalue weighted by Crippen LogP contribution is 2.14. The topological polar surface area (TPSA) is 84.2 Å². The smallest absolute Gasteiger partial charge is 0.228 e. The molecule has 0 radical (unpaired) electrons. The van der Waals surface area contributed by atoms with Crippen molar-refractivity contribution < 1.29 is 9.59 Å². The van der Waals surface area contributed by atoms with Gasteiger partial charge in [-0.05, 0) is 31.2 Å². The summed E-state index contributed by atoms with van der Waals surface area (Å²) in [6.45, 7) is 5.02. The maximum Gasteiger partial charge on any atom is 0.228 e. The van der Waals surface area contributed by atoms with Crippen molar-refractivity contribution in [1.82, 2.24) is 0 Å². The van der Waals surface area contributed by atoms with E-state index in [0.717, 1.165) is 0 Å². The van der Waals surface area contributed by atoms with Crippen molar-refractivity contribution in [1.29, 1.82) is 0 Å². The van der Waals surface area contributed by atoms with Crippen molar-refractivity contribution in [2.24, 2.45) is 11.7 Å². The van der Waals surface area contributed by atoms with Gasteiger partial charge in [-0.25, -0.2) is 0 Å². The fourth-order valence-corrected chi connectivity index (χ4v) is 1.34. The molecule has 1 aromatic carbocycles. The highest BCUT2D eigenvalue weighted by molar-refractivity contribution is 5.93. The highest BCUT2D eigenvalue weighted by Gasteiger charge is 2.16. The molecule has 1 aromatic rings. The summed E-state index contributed by atoms with van der Waals surface area (Å²) in [6, 6.07) is 6.73. The number of benzene rings is 1. The predicted molar refractivity (Wildman–Crippen MR) is 79.4 cm³/mol. The van der Waals surface area contributed by atoms with Gasteiger partial charge >= 0.3 is 0 Å². The molecule has 0 saturated carbocycles. The standard InChI is InChI=1S/C13H19N3O2.ClH/c1-8(9(2)14)13(18)16-12-6-4-11(5-7-12)15-10(3)17;/h4-9H,14H2,1-3H3,(H,15,17)(H,16,18);1H. The minimum Gasteiger partial charge on any atom is -0.327 e. The Morgan fingerprint density at radius 2 is 1.47 bits per heavy atom. The Balaban J connectivity index is 0.00000324. The van der Waals surface area contributed by atoms with Crippen LogP contribution in [-0.4, -0.2) is 17.9 Å². The summed E-state index contributed by atoms with van der Waals surface area (Å²) in [5, 5.41) is 5.43. The molecule has 6 heteroatoms. The molecule has 19 heavy (non-hydrogen) atoms. The van der Waals surface area contributed by atoms with E-state index in [-0.39, 0.29) is 36.2 Å². The number of rotatable bonds is 4. The summed E-state index contributed by atoms with van der Waals surface area (Å²) in [5.41, 5.74) is 7.04. The molecular weight excluding hydrogens is 266 g/mol. The molecule has 0 aromatic heterocycles. The average molecular weight is 286 g/mol. The lowest BCUT2D eigenvalue weighted by Gasteiger charge is -2.15. The van der Waals surface area contributed by atoms with Gasteiger partial charge in [-0.1, -0.05) is 6.92 Å². The lowest BCUT2D eigenvalue weighted by atomic mass is 10.0. The lowest BCUT2D eigenvalue weighted by Crippen LogP contribution is -2.34. The maximum absolute atomic E-state index is 11.8. The van der Waals surface area contributed by atoms with E-state index in [1.54, 1.807) is 38.1 Å². The van der Waals surface area contributed by atoms with Crippen LogP contribution in [0.4, 0.5) is 11.4 Å². The van der Waals surface area contributed by atoms with Crippen LogP contribution in [0.3, 0.4) is 0 Å². The second kappa shape index (κ2) is 7.76. The Kier molecular flexibility index (Phi) is 7.11. The number of nitrogens with two attached hydrogens (primary N) is 1. The first-order valence-corrected chi connectivity index (χ1v) is 5.84. The van der Waals surface area contributed by atoms with Gasteiger partial charge in [0.2, 0.25) is 11.8 Å². The van der Waals surface area contributed by atoms with E-state index >= 15 is 0 Å². The van der Waals surface area contributed by atoms with Gasteiger partial charge in [0.05, 0.1) is 5.92 Å². The van der Waals surface area contributed by atoms with Crippen LogP contribution in [0.1, 0.15) is 20.8 Å². The van der Waals surface area contributed by atoms with Crippen molar-refractivity contribution >= 4 is 35.6 Å². The summed E-state index contributed by atoms with van der Waals surface area (Å²) in [6.07, 6.45) is 0. The number of hydrogen-bond acceptors (Lipinski definition) is 3. The Labute approximate surface area is 119 Å². The average Bonchev–Trinajstić information content (AvgIpc) is 2.29. The molecule has 2 unspecified atom stereocenters. The molecule has 1 rings (SSSR count). The maximum atomic E-state index is 11.8. The minimum atomic E-state index is -0.250. The van der Waals surface area contributed by atoms with Crippen LogP contribution in [0.2, 0.25) is 0 Å². The summed E-state index contributed by atoms with van der Waals surface area (Å²) in [7, 11) is 0. The van der Waals surface area contributed by atoms with Crippen molar-refractivity contribution in [2.75, 3.05) is 10.6 Å². The van der Waals surface area contributed by atoms with Crippen LogP contribution >= 0.6 is 12.4 Å². The van der Waals surface area contributed by atoms with E-state index in [4.69, 9.17) is 5.73 Å². The van der Waals surface area contributed by atoms with E-state index in [9.17, 15) is 9.59 Å². The first-order valence-electron chi connectivity index (χ1n) is 5.84. The first kappa shape index (κ1) is 17.4. The third kappa shape index (κ3) is 5.72. The first-order chi connectivity index (χ1) is 8.40. The molecule has 0 aliphatic carbocycles. The largest absolute Gasteiger partial charge is 0.327 e. The van der Waals surface area contributed by atoms with E-state index in [2.05, 4.69) is 10.6 Å². The van der Waals surface area contributed by atoms with Gasteiger partial charge in [-0.2, -0.15) is 0 Å². The molecular formula is C13H20ClN3O2. The third-order valence-corrected chi connectivity index (χ3v) is 2.68. The number of carbonyl (C=O) groups is 2. The molecule has 0 fully saturated rings. The van der Waals surface area contributed by atoms with Crippen LogP contribution in [0.5, 0.6) is 0 Å². The fourth-order valence-electron chi connectivity index (χ4n) is 1.34. The zero-order valence-electron chi connectivity index (χ0n) is 11.3. The normalized spacial score (nSPS) is 12.8. The Morgan fingerprint density at radius 1 is 1.05 bits per heavy atom. The molecule has 0 spiro atoms. The van der Waals surface area contributed by atoms with Crippen LogP contribution in [0.25, 0.3) is 0 Å². The Morgan fingerprint density at radius 3 is 1.84 bits per heavy atom. The molecule has 0 heterocycles.